The van der Waals surface area contributed by atoms with Gasteiger partial charge in [0.05, 0.1) is 12.2 Å². The molecule has 0 aliphatic carbocycles. The van der Waals surface area contributed by atoms with Crippen LogP contribution in [0.5, 0.6) is 0 Å². The van der Waals surface area contributed by atoms with E-state index < -0.39 is 0 Å². The summed E-state index contributed by atoms with van der Waals surface area (Å²) in [7, 11) is 0. The Morgan fingerprint density at radius 3 is 3.08 bits per heavy atom. The molecule has 24 heavy (non-hydrogen) atoms. The molecule has 0 saturated carbocycles. The van der Waals surface area contributed by atoms with E-state index in [1.165, 1.54) is 10.4 Å². The molecule has 1 fully saturated rings. The molecule has 2 aliphatic rings. The second-order valence-electron chi connectivity index (χ2n) is 6.67. The van der Waals surface area contributed by atoms with E-state index in [2.05, 4.69) is 28.6 Å². The third kappa shape index (κ3) is 2.67. The standard InChI is InChI=1S/C18H23N3O2S/c1-2-3-13-12-15(20-19-13)17(22)21-8-6-18(7-9-21)14-5-11-24-16(14)4-10-23-18/h5,11-12H,2-4,6-10H2,1H3,(H,19,20). The number of hydrogen-bond donors (Lipinski definition) is 1. The number of rotatable bonds is 3. The van der Waals surface area contributed by atoms with Crippen molar-refractivity contribution in [3.05, 3.63) is 39.3 Å². The fourth-order valence-electron chi connectivity index (χ4n) is 3.87. The van der Waals surface area contributed by atoms with Crippen molar-refractivity contribution >= 4 is 17.2 Å². The molecule has 2 aromatic heterocycles. The predicted octanol–water partition coefficient (Wildman–Crippen LogP) is 3.13. The van der Waals surface area contributed by atoms with Crippen molar-refractivity contribution in [2.45, 2.75) is 44.6 Å². The zero-order chi connectivity index (χ0) is 16.6. The first-order valence-corrected chi connectivity index (χ1v) is 9.64. The third-order valence-corrected chi connectivity index (χ3v) is 6.15. The molecular formula is C18H23N3O2S. The lowest BCUT2D eigenvalue weighted by molar-refractivity contribution is -0.0926. The lowest BCUT2D eigenvalue weighted by Crippen LogP contribution is -2.48. The summed E-state index contributed by atoms with van der Waals surface area (Å²) in [6.45, 7) is 4.37. The van der Waals surface area contributed by atoms with E-state index in [4.69, 9.17) is 4.74 Å². The molecule has 4 rings (SSSR count). The number of aryl methyl sites for hydroxylation is 1. The van der Waals surface area contributed by atoms with Gasteiger partial charge in [0.1, 0.15) is 5.69 Å². The molecule has 1 saturated heterocycles. The number of likely N-dealkylation sites (tertiary alicyclic amines) is 1. The molecule has 2 aliphatic heterocycles. The van der Waals surface area contributed by atoms with Gasteiger partial charge >= 0.3 is 0 Å². The summed E-state index contributed by atoms with van der Waals surface area (Å²) < 4.78 is 6.21. The number of carbonyl (C=O) groups excluding carboxylic acids is 1. The van der Waals surface area contributed by atoms with Crippen molar-refractivity contribution in [2.24, 2.45) is 0 Å². The molecular weight excluding hydrogens is 322 g/mol. The molecule has 5 nitrogen and oxygen atoms in total. The molecule has 0 aromatic carbocycles. The lowest BCUT2D eigenvalue weighted by Gasteiger charge is -2.43. The van der Waals surface area contributed by atoms with Crippen LogP contribution in [0.4, 0.5) is 0 Å². The van der Waals surface area contributed by atoms with E-state index in [1.807, 2.05) is 22.3 Å². The number of fused-ring (bicyclic) bond motifs is 2. The van der Waals surface area contributed by atoms with Crippen LogP contribution in [0.2, 0.25) is 0 Å². The molecule has 0 unspecified atom stereocenters. The summed E-state index contributed by atoms with van der Waals surface area (Å²) in [6, 6.07) is 4.10. The molecule has 1 spiro atoms. The number of aromatic nitrogens is 2. The first-order chi connectivity index (χ1) is 11.7. The van der Waals surface area contributed by atoms with Crippen molar-refractivity contribution in [3.63, 3.8) is 0 Å². The van der Waals surface area contributed by atoms with E-state index in [1.54, 1.807) is 0 Å². The average Bonchev–Trinajstić information content (AvgIpc) is 3.25. The Bertz CT molecular complexity index is 728. The minimum atomic E-state index is -0.177. The van der Waals surface area contributed by atoms with Gasteiger partial charge in [-0.1, -0.05) is 13.3 Å². The van der Waals surface area contributed by atoms with Gasteiger partial charge in [-0.05, 0) is 42.3 Å². The van der Waals surface area contributed by atoms with Gasteiger partial charge in [-0.25, -0.2) is 0 Å². The van der Waals surface area contributed by atoms with E-state index in [9.17, 15) is 4.79 Å². The van der Waals surface area contributed by atoms with Crippen LogP contribution in [0.15, 0.2) is 17.5 Å². The number of piperidine rings is 1. The van der Waals surface area contributed by atoms with Gasteiger partial charge in [0.2, 0.25) is 0 Å². The first kappa shape index (κ1) is 15.8. The van der Waals surface area contributed by atoms with Crippen molar-refractivity contribution in [1.82, 2.24) is 15.1 Å². The summed E-state index contributed by atoms with van der Waals surface area (Å²) in [5, 5.41) is 9.33. The summed E-state index contributed by atoms with van der Waals surface area (Å²) in [6.07, 6.45) is 4.73. The van der Waals surface area contributed by atoms with Crippen LogP contribution < -0.4 is 0 Å². The molecule has 0 radical (unpaired) electrons. The molecule has 1 amide bonds. The topological polar surface area (TPSA) is 58.2 Å². The van der Waals surface area contributed by atoms with Crippen LogP contribution >= 0.6 is 11.3 Å². The van der Waals surface area contributed by atoms with Gasteiger partial charge in [-0.15, -0.1) is 11.3 Å². The Balaban J connectivity index is 1.46. The second kappa shape index (κ2) is 6.33. The number of H-pyrrole nitrogens is 1. The average molecular weight is 345 g/mol. The van der Waals surface area contributed by atoms with E-state index in [-0.39, 0.29) is 11.5 Å². The normalized spacial score (nSPS) is 19.5. The summed E-state index contributed by atoms with van der Waals surface area (Å²) in [5.41, 5.74) is 2.75. The Kier molecular flexibility index (Phi) is 4.18. The number of hydrogen-bond acceptors (Lipinski definition) is 4. The fourth-order valence-corrected chi connectivity index (χ4v) is 4.82. The van der Waals surface area contributed by atoms with Gasteiger partial charge in [-0.2, -0.15) is 5.10 Å². The van der Waals surface area contributed by atoms with Gasteiger partial charge < -0.3 is 9.64 Å². The highest BCUT2D eigenvalue weighted by atomic mass is 32.1. The molecule has 1 N–H and O–H groups in total. The highest BCUT2D eigenvalue weighted by Crippen LogP contribution is 2.43. The molecule has 0 atom stereocenters. The number of nitrogens with one attached hydrogen (secondary N) is 1. The van der Waals surface area contributed by atoms with E-state index >= 15 is 0 Å². The molecule has 6 heteroatoms. The highest BCUT2D eigenvalue weighted by molar-refractivity contribution is 7.10. The zero-order valence-corrected chi connectivity index (χ0v) is 14.8. The maximum absolute atomic E-state index is 12.7. The van der Waals surface area contributed by atoms with Crippen molar-refractivity contribution in [2.75, 3.05) is 19.7 Å². The van der Waals surface area contributed by atoms with Crippen LogP contribution in [0, 0.1) is 0 Å². The number of ether oxygens (including phenoxy) is 1. The van der Waals surface area contributed by atoms with E-state index in [0.717, 1.165) is 57.5 Å². The number of amides is 1. The Morgan fingerprint density at radius 2 is 2.29 bits per heavy atom. The second-order valence-corrected chi connectivity index (χ2v) is 7.67. The van der Waals surface area contributed by atoms with Gasteiger partial charge in [-0.3, -0.25) is 9.89 Å². The largest absolute Gasteiger partial charge is 0.370 e. The summed E-state index contributed by atoms with van der Waals surface area (Å²) in [4.78, 5) is 16.1. The molecule has 0 bridgehead atoms. The Labute approximate surface area is 146 Å². The smallest absolute Gasteiger partial charge is 0.274 e. The Morgan fingerprint density at radius 1 is 1.46 bits per heavy atom. The molecule has 4 heterocycles. The molecule has 128 valence electrons. The number of carbonyl (C=O) groups is 1. The van der Waals surface area contributed by atoms with Gasteiger partial charge in [0.15, 0.2) is 0 Å². The highest BCUT2D eigenvalue weighted by Gasteiger charge is 2.42. The van der Waals surface area contributed by atoms with Crippen LogP contribution in [0.1, 0.15) is 52.8 Å². The van der Waals surface area contributed by atoms with Crippen molar-refractivity contribution in [1.29, 1.82) is 0 Å². The summed E-state index contributed by atoms with van der Waals surface area (Å²) >= 11 is 1.83. The van der Waals surface area contributed by atoms with Crippen LogP contribution in [0.3, 0.4) is 0 Å². The van der Waals surface area contributed by atoms with Crippen LogP contribution in [0.25, 0.3) is 0 Å². The monoisotopic (exact) mass is 345 g/mol. The molecule has 2 aromatic rings. The van der Waals surface area contributed by atoms with Crippen molar-refractivity contribution in [3.8, 4) is 0 Å². The van der Waals surface area contributed by atoms with Gasteiger partial charge in [0.25, 0.3) is 5.91 Å². The number of nitrogens with zero attached hydrogens (tertiary/aromatic N) is 2. The minimum Gasteiger partial charge on any atom is -0.370 e. The lowest BCUT2D eigenvalue weighted by atomic mass is 9.82. The SMILES string of the molecule is CCCc1cc(C(=O)N2CCC3(CC2)OCCc2sccc23)n[nH]1. The quantitative estimate of drug-likeness (QED) is 0.930. The minimum absolute atomic E-state index is 0.0322. The fraction of sp³-hybridized carbons (Fsp3) is 0.556. The zero-order valence-electron chi connectivity index (χ0n) is 14.0. The maximum Gasteiger partial charge on any atom is 0.274 e. The van der Waals surface area contributed by atoms with Crippen molar-refractivity contribution < 1.29 is 9.53 Å². The van der Waals surface area contributed by atoms with E-state index in [0.29, 0.717) is 5.69 Å². The van der Waals surface area contributed by atoms with Crippen LogP contribution in [-0.2, 0) is 23.2 Å². The first-order valence-electron chi connectivity index (χ1n) is 8.76. The maximum atomic E-state index is 12.7. The third-order valence-electron chi connectivity index (χ3n) is 5.17. The summed E-state index contributed by atoms with van der Waals surface area (Å²) in [5.74, 6) is 0.0322. The Hall–Kier alpha value is -1.66. The number of thiophene rings is 1. The number of aromatic amines is 1. The predicted molar refractivity (Wildman–Crippen MR) is 93.4 cm³/mol. The van der Waals surface area contributed by atoms with Gasteiger partial charge in [0, 0.05) is 30.1 Å². The van der Waals surface area contributed by atoms with Crippen LogP contribution in [-0.4, -0.2) is 40.7 Å².